The minimum Gasteiger partial charge on any atom is -0.237 e. The Hall–Kier alpha value is -5.26. The molecule has 3 aromatic carbocycles. The number of hydrogen-bond acceptors (Lipinski definition) is 2. The van der Waals surface area contributed by atoms with Gasteiger partial charge in [0.15, 0.2) is 0 Å². The van der Waals surface area contributed by atoms with Crippen molar-refractivity contribution < 1.29 is 0 Å². The summed E-state index contributed by atoms with van der Waals surface area (Å²) < 4.78 is 0. The third-order valence-corrected chi connectivity index (χ3v) is 4.06. The van der Waals surface area contributed by atoms with Gasteiger partial charge in [0.05, 0.1) is 36.4 Å². The van der Waals surface area contributed by atoms with Crippen molar-refractivity contribution in [2.45, 2.75) is 0 Å². The molecular weight excluding hydrogens is 368 g/mol. The second-order valence-electron chi connectivity index (χ2n) is 5.99. The highest BCUT2D eigenvalue weighted by molar-refractivity contribution is 5.63. The van der Waals surface area contributed by atoms with E-state index in [9.17, 15) is 0 Å². The summed E-state index contributed by atoms with van der Waals surface area (Å²) in [6.07, 6.45) is 0. The molecule has 0 aliphatic rings. The van der Waals surface area contributed by atoms with Gasteiger partial charge in [-0.1, -0.05) is 35.8 Å². The standard InChI is InChI=1S/C26H10N4/c1-29-25-15-21(11-13-23(25)17-27)9-7-19-3-5-20(6-4-19)8-10-22-12-14-24(18-28)26(16-22)30-2/h3-6,11-16H. The molecule has 0 heterocycles. The fraction of sp³-hybridized carbons (Fsp3) is 0. The zero-order valence-electron chi connectivity index (χ0n) is 15.6. The molecule has 0 amide bonds. The maximum atomic E-state index is 8.97. The van der Waals surface area contributed by atoms with Crippen molar-refractivity contribution in [1.82, 2.24) is 0 Å². The van der Waals surface area contributed by atoms with Gasteiger partial charge in [-0.2, -0.15) is 10.5 Å². The largest absolute Gasteiger partial charge is 0.237 e. The van der Waals surface area contributed by atoms with Crippen LogP contribution in [0.5, 0.6) is 0 Å². The van der Waals surface area contributed by atoms with Gasteiger partial charge in [-0.25, -0.2) is 9.69 Å². The van der Waals surface area contributed by atoms with Crippen LogP contribution < -0.4 is 0 Å². The minimum atomic E-state index is 0.291. The number of benzene rings is 3. The summed E-state index contributed by atoms with van der Waals surface area (Å²) in [7, 11) is 0. The topological polar surface area (TPSA) is 56.3 Å². The lowest BCUT2D eigenvalue weighted by Crippen LogP contribution is -1.81. The van der Waals surface area contributed by atoms with Crippen LogP contribution in [0.15, 0.2) is 60.7 Å². The van der Waals surface area contributed by atoms with Crippen LogP contribution in [-0.2, 0) is 0 Å². The van der Waals surface area contributed by atoms with Crippen LogP contribution in [0.3, 0.4) is 0 Å². The zero-order valence-corrected chi connectivity index (χ0v) is 15.6. The van der Waals surface area contributed by atoms with Crippen LogP contribution in [0.1, 0.15) is 33.4 Å². The maximum Gasteiger partial charge on any atom is 0.205 e. The molecule has 0 aliphatic heterocycles. The predicted molar refractivity (Wildman–Crippen MR) is 113 cm³/mol. The smallest absolute Gasteiger partial charge is 0.205 e. The molecule has 0 atom stereocenters. The Morgan fingerprint density at radius 2 is 0.867 bits per heavy atom. The van der Waals surface area contributed by atoms with Gasteiger partial charge in [-0.05, 0) is 48.5 Å². The summed E-state index contributed by atoms with van der Waals surface area (Å²) >= 11 is 0. The summed E-state index contributed by atoms with van der Waals surface area (Å²) in [5.41, 5.74) is 4.18. The highest BCUT2D eigenvalue weighted by Gasteiger charge is 2.02. The van der Waals surface area contributed by atoms with Crippen LogP contribution >= 0.6 is 0 Å². The molecule has 0 saturated heterocycles. The molecule has 0 fully saturated rings. The molecule has 0 spiro atoms. The van der Waals surface area contributed by atoms with E-state index in [0.717, 1.165) is 11.1 Å². The minimum absolute atomic E-state index is 0.291. The van der Waals surface area contributed by atoms with Crippen molar-refractivity contribution >= 4 is 11.4 Å². The van der Waals surface area contributed by atoms with Crippen LogP contribution in [0.25, 0.3) is 9.69 Å². The predicted octanol–water partition coefficient (Wildman–Crippen LogP) is 5.33. The van der Waals surface area contributed by atoms with Crippen molar-refractivity contribution in [1.29, 1.82) is 10.5 Å². The Morgan fingerprint density at radius 1 is 0.533 bits per heavy atom. The summed E-state index contributed by atoms with van der Waals surface area (Å²) in [6, 6.07) is 21.2. The first kappa shape index (κ1) is 19.5. The molecule has 3 rings (SSSR count). The molecule has 4 nitrogen and oxygen atoms in total. The molecule has 3 aromatic rings. The molecule has 0 saturated carbocycles. The first-order chi connectivity index (χ1) is 14.7. The normalized spacial score (nSPS) is 8.67. The molecule has 30 heavy (non-hydrogen) atoms. The van der Waals surface area contributed by atoms with Crippen LogP contribution in [-0.4, -0.2) is 0 Å². The summed E-state index contributed by atoms with van der Waals surface area (Å²) in [5, 5.41) is 17.9. The van der Waals surface area contributed by atoms with Crippen molar-refractivity contribution in [2.75, 3.05) is 0 Å². The van der Waals surface area contributed by atoms with Gasteiger partial charge in [0, 0.05) is 22.3 Å². The average Bonchev–Trinajstić information content (AvgIpc) is 2.81. The van der Waals surface area contributed by atoms with E-state index in [1.165, 1.54) is 0 Å². The maximum absolute atomic E-state index is 8.97. The van der Waals surface area contributed by atoms with Crippen LogP contribution in [0, 0.1) is 59.5 Å². The Labute approximate surface area is 174 Å². The Bertz CT molecular complexity index is 1310. The van der Waals surface area contributed by atoms with Gasteiger partial charge in [-0.3, -0.25) is 0 Å². The van der Waals surface area contributed by atoms with Crippen molar-refractivity contribution in [3.63, 3.8) is 0 Å². The fourth-order valence-electron chi connectivity index (χ4n) is 2.52. The molecule has 0 bridgehead atoms. The highest BCUT2D eigenvalue weighted by atomic mass is 14.6. The van der Waals surface area contributed by atoms with Gasteiger partial charge in [0.25, 0.3) is 0 Å². The summed E-state index contributed by atoms with van der Waals surface area (Å²) in [5.74, 6) is 12.1. The Balaban J connectivity index is 1.78. The van der Waals surface area contributed by atoms with Crippen molar-refractivity contribution in [3.8, 4) is 35.8 Å². The Morgan fingerprint density at radius 3 is 1.20 bits per heavy atom. The fourth-order valence-corrected chi connectivity index (χ4v) is 2.52. The summed E-state index contributed by atoms with van der Waals surface area (Å²) in [4.78, 5) is 6.69. The first-order valence-electron chi connectivity index (χ1n) is 8.64. The van der Waals surface area contributed by atoms with Crippen molar-refractivity contribution in [2.24, 2.45) is 0 Å². The van der Waals surface area contributed by atoms with Crippen LogP contribution in [0.4, 0.5) is 11.4 Å². The molecule has 0 radical (unpaired) electrons. The number of rotatable bonds is 0. The van der Waals surface area contributed by atoms with Gasteiger partial charge >= 0.3 is 0 Å². The van der Waals surface area contributed by atoms with Crippen molar-refractivity contribution in [3.05, 3.63) is 117 Å². The molecular formula is C26H10N4. The van der Waals surface area contributed by atoms with Gasteiger partial charge < -0.3 is 0 Å². The number of nitrogens with zero attached hydrogens (tertiary/aromatic N) is 4. The zero-order chi connectivity index (χ0) is 21.3. The van der Waals surface area contributed by atoms with E-state index in [1.807, 2.05) is 36.4 Å². The van der Waals surface area contributed by atoms with E-state index < -0.39 is 0 Å². The second-order valence-corrected chi connectivity index (χ2v) is 5.99. The molecule has 0 unspecified atom stereocenters. The summed E-state index contributed by atoms with van der Waals surface area (Å²) in [6.45, 7) is 14.3. The van der Waals surface area contributed by atoms with E-state index >= 15 is 0 Å². The molecule has 0 N–H and O–H groups in total. The molecule has 0 aromatic heterocycles. The first-order valence-corrected chi connectivity index (χ1v) is 8.64. The monoisotopic (exact) mass is 378 g/mol. The van der Waals surface area contributed by atoms with E-state index in [-0.39, 0.29) is 0 Å². The van der Waals surface area contributed by atoms with E-state index in [2.05, 4.69) is 33.4 Å². The van der Waals surface area contributed by atoms with E-state index in [0.29, 0.717) is 33.6 Å². The lowest BCUT2D eigenvalue weighted by Gasteiger charge is -1.96. The second kappa shape index (κ2) is 9.09. The number of hydrogen-bond donors (Lipinski definition) is 0. The molecule has 134 valence electrons. The van der Waals surface area contributed by atoms with Gasteiger partial charge in [0.1, 0.15) is 0 Å². The average molecular weight is 378 g/mol. The van der Waals surface area contributed by atoms with E-state index in [1.54, 1.807) is 36.4 Å². The quantitative estimate of drug-likeness (QED) is 0.392. The van der Waals surface area contributed by atoms with Crippen LogP contribution in [0.2, 0.25) is 0 Å². The van der Waals surface area contributed by atoms with Gasteiger partial charge in [-0.15, -0.1) is 0 Å². The SMILES string of the molecule is [C-]#[N+]c1cc(C#Cc2ccc(C#Cc3ccc(C#N)c([N+]#[C-])c3)cc2)ccc1C#N. The lowest BCUT2D eigenvalue weighted by atomic mass is 10.1. The number of nitriles is 2. The third kappa shape index (κ3) is 4.52. The van der Waals surface area contributed by atoms with E-state index in [4.69, 9.17) is 23.7 Å². The van der Waals surface area contributed by atoms with Gasteiger partial charge in [0.2, 0.25) is 11.4 Å². The Kier molecular flexibility index (Phi) is 5.91. The molecule has 4 heteroatoms. The molecule has 0 aliphatic carbocycles. The third-order valence-electron chi connectivity index (χ3n) is 4.06. The lowest BCUT2D eigenvalue weighted by molar-refractivity contribution is 1.48. The highest BCUT2D eigenvalue weighted by Crippen LogP contribution is 2.20.